The van der Waals surface area contributed by atoms with Crippen LogP contribution in [0.25, 0.3) is 11.1 Å². The van der Waals surface area contributed by atoms with Gasteiger partial charge < -0.3 is 9.80 Å². The molecule has 0 radical (unpaired) electrons. The highest BCUT2D eigenvalue weighted by atomic mass is 15.1. The summed E-state index contributed by atoms with van der Waals surface area (Å²) >= 11 is 0. The zero-order valence-electron chi connectivity index (χ0n) is 24.7. The summed E-state index contributed by atoms with van der Waals surface area (Å²) in [5, 5.41) is 0. The van der Waals surface area contributed by atoms with Gasteiger partial charge in [-0.25, -0.2) is 0 Å². The number of hydrogen-bond acceptors (Lipinski definition) is 3. The molecule has 0 bridgehead atoms. The smallest absolute Gasteiger partial charge is 0.0486 e. The standard InChI is InChI=1S/C34H45N3/c1-12-35-33-29-16-14-13-15-28(29)30(22-34(33,6)7)32(26-17-19-27(20-18-26)37(10)11)31(23(2)3)24(4)21-25(5)36(8)9/h13-21H,2,12,22H2,1,3-11H3/b25-21+,31-24+,32-30?,35-33?. The van der Waals surface area contributed by atoms with Crippen LogP contribution in [-0.4, -0.2) is 45.3 Å². The van der Waals surface area contributed by atoms with Crippen LogP contribution in [0, 0.1) is 5.41 Å². The Morgan fingerprint density at radius 3 is 2.05 bits per heavy atom. The number of fused-ring (bicyclic) bond motifs is 1. The van der Waals surface area contributed by atoms with E-state index >= 15 is 0 Å². The van der Waals surface area contributed by atoms with Crippen molar-refractivity contribution >= 4 is 22.5 Å². The van der Waals surface area contributed by atoms with E-state index in [2.05, 4.69) is 141 Å². The molecule has 1 aliphatic rings. The third kappa shape index (κ3) is 5.98. The number of anilines is 1. The minimum absolute atomic E-state index is 0.0853. The number of aliphatic imine (C=N–C) groups is 1. The lowest BCUT2D eigenvalue weighted by molar-refractivity contribution is 0.513. The molecule has 0 saturated carbocycles. The summed E-state index contributed by atoms with van der Waals surface area (Å²) in [5.41, 5.74) is 13.4. The Morgan fingerprint density at radius 1 is 0.946 bits per heavy atom. The van der Waals surface area contributed by atoms with Crippen LogP contribution in [0.5, 0.6) is 0 Å². The number of nitrogens with zero attached hydrogens (tertiary/aromatic N) is 3. The highest BCUT2D eigenvalue weighted by Gasteiger charge is 2.36. The molecule has 3 nitrogen and oxygen atoms in total. The summed E-state index contributed by atoms with van der Waals surface area (Å²) in [6.07, 6.45) is 3.19. The van der Waals surface area contributed by atoms with E-state index in [-0.39, 0.29) is 5.41 Å². The van der Waals surface area contributed by atoms with E-state index in [4.69, 9.17) is 4.99 Å². The van der Waals surface area contributed by atoms with E-state index in [0.717, 1.165) is 18.5 Å². The first-order valence-corrected chi connectivity index (χ1v) is 13.3. The van der Waals surface area contributed by atoms with Crippen molar-refractivity contribution < 1.29 is 0 Å². The molecule has 2 aromatic rings. The maximum atomic E-state index is 4.99. The summed E-state index contributed by atoms with van der Waals surface area (Å²) in [6, 6.07) is 17.8. The summed E-state index contributed by atoms with van der Waals surface area (Å²) in [5.74, 6) is 0. The van der Waals surface area contributed by atoms with Crippen LogP contribution in [0.4, 0.5) is 5.69 Å². The first-order valence-electron chi connectivity index (χ1n) is 13.3. The normalized spacial score (nSPS) is 18.2. The van der Waals surface area contributed by atoms with Gasteiger partial charge in [-0.2, -0.15) is 0 Å². The van der Waals surface area contributed by atoms with Gasteiger partial charge in [0.25, 0.3) is 0 Å². The third-order valence-corrected chi connectivity index (χ3v) is 7.26. The average Bonchev–Trinajstić information content (AvgIpc) is 2.83. The highest BCUT2D eigenvalue weighted by molar-refractivity contribution is 6.15. The van der Waals surface area contributed by atoms with E-state index in [0.29, 0.717) is 0 Å². The van der Waals surface area contributed by atoms with Crippen molar-refractivity contribution in [2.75, 3.05) is 39.6 Å². The van der Waals surface area contributed by atoms with Crippen LogP contribution >= 0.6 is 0 Å². The Morgan fingerprint density at radius 2 is 1.54 bits per heavy atom. The SMILES string of the molecule is C=C(C)/C(C(=C1CC(C)(C)C(=NCC)c2ccccc21)c1ccc(N(C)C)cc1)=C(C)\C=C(/C)N(C)C. The van der Waals surface area contributed by atoms with Crippen molar-refractivity contribution in [1.82, 2.24) is 4.90 Å². The number of hydrogen-bond donors (Lipinski definition) is 0. The second-order valence-corrected chi connectivity index (χ2v) is 11.2. The molecule has 0 atom stereocenters. The van der Waals surface area contributed by atoms with Crippen molar-refractivity contribution in [2.45, 2.75) is 48.0 Å². The van der Waals surface area contributed by atoms with Crippen molar-refractivity contribution in [3.05, 3.63) is 100 Å². The topological polar surface area (TPSA) is 18.8 Å². The average molecular weight is 496 g/mol. The Kier molecular flexibility index (Phi) is 8.68. The molecule has 0 N–H and O–H groups in total. The summed E-state index contributed by atoms with van der Waals surface area (Å²) in [6.45, 7) is 18.6. The Labute approximate surface area is 225 Å². The molecule has 0 aliphatic heterocycles. The van der Waals surface area contributed by atoms with Crippen molar-refractivity contribution in [3.8, 4) is 0 Å². The second kappa shape index (κ2) is 11.4. The van der Waals surface area contributed by atoms with Gasteiger partial charge in [0.2, 0.25) is 0 Å². The lowest BCUT2D eigenvalue weighted by Crippen LogP contribution is -2.31. The zero-order chi connectivity index (χ0) is 27.5. The van der Waals surface area contributed by atoms with Gasteiger partial charge >= 0.3 is 0 Å². The van der Waals surface area contributed by atoms with E-state index in [1.165, 1.54) is 56.1 Å². The molecule has 0 fully saturated rings. The lowest BCUT2D eigenvalue weighted by atomic mass is 9.67. The minimum atomic E-state index is -0.0853. The van der Waals surface area contributed by atoms with Crippen LogP contribution < -0.4 is 4.90 Å². The first-order chi connectivity index (χ1) is 17.4. The molecule has 3 rings (SSSR count). The predicted octanol–water partition coefficient (Wildman–Crippen LogP) is 8.26. The molecule has 196 valence electrons. The van der Waals surface area contributed by atoms with E-state index in [1.54, 1.807) is 0 Å². The van der Waals surface area contributed by atoms with Crippen molar-refractivity contribution in [1.29, 1.82) is 0 Å². The molecule has 0 aromatic heterocycles. The molecule has 2 aromatic carbocycles. The molecule has 0 heterocycles. The van der Waals surface area contributed by atoms with Crippen molar-refractivity contribution in [2.24, 2.45) is 10.4 Å². The molecule has 37 heavy (non-hydrogen) atoms. The maximum absolute atomic E-state index is 4.99. The second-order valence-electron chi connectivity index (χ2n) is 11.2. The molecule has 0 amide bonds. The fourth-order valence-electron chi connectivity index (χ4n) is 5.28. The molecule has 0 saturated heterocycles. The van der Waals surface area contributed by atoms with Crippen LogP contribution in [0.15, 0.2) is 88.6 Å². The molecule has 0 spiro atoms. The highest BCUT2D eigenvalue weighted by Crippen LogP contribution is 2.48. The summed E-state index contributed by atoms with van der Waals surface area (Å²) < 4.78 is 0. The van der Waals surface area contributed by atoms with Gasteiger partial charge in [-0.05, 0) is 85.7 Å². The largest absolute Gasteiger partial charge is 0.381 e. The quantitative estimate of drug-likeness (QED) is 0.360. The summed E-state index contributed by atoms with van der Waals surface area (Å²) in [4.78, 5) is 9.30. The predicted molar refractivity (Wildman–Crippen MR) is 164 cm³/mol. The van der Waals surface area contributed by atoms with Gasteiger partial charge in [-0.3, -0.25) is 4.99 Å². The molecule has 0 unspecified atom stereocenters. The lowest BCUT2D eigenvalue weighted by Gasteiger charge is -2.37. The van der Waals surface area contributed by atoms with Crippen LogP contribution in [-0.2, 0) is 0 Å². The molecule has 3 heteroatoms. The van der Waals surface area contributed by atoms with Crippen LogP contribution in [0.2, 0.25) is 0 Å². The maximum Gasteiger partial charge on any atom is 0.0486 e. The fourth-order valence-corrected chi connectivity index (χ4v) is 5.28. The zero-order valence-corrected chi connectivity index (χ0v) is 24.7. The number of rotatable bonds is 7. The molecule has 1 aliphatic carbocycles. The third-order valence-electron chi connectivity index (χ3n) is 7.26. The van der Waals surface area contributed by atoms with Gasteiger partial charge in [0.1, 0.15) is 0 Å². The van der Waals surface area contributed by atoms with Gasteiger partial charge in [-0.15, -0.1) is 0 Å². The molecular formula is C34H45N3. The van der Waals surface area contributed by atoms with E-state index < -0.39 is 0 Å². The Bertz CT molecular complexity index is 1280. The monoisotopic (exact) mass is 495 g/mol. The van der Waals surface area contributed by atoms with Crippen molar-refractivity contribution in [3.63, 3.8) is 0 Å². The van der Waals surface area contributed by atoms with Gasteiger partial charge in [0.05, 0.1) is 0 Å². The van der Waals surface area contributed by atoms with Crippen LogP contribution in [0.3, 0.4) is 0 Å². The first kappa shape index (κ1) is 28.2. The Balaban J connectivity index is 2.49. The summed E-state index contributed by atoms with van der Waals surface area (Å²) in [7, 11) is 8.35. The molecular weight excluding hydrogens is 450 g/mol. The van der Waals surface area contributed by atoms with E-state index in [9.17, 15) is 0 Å². The minimum Gasteiger partial charge on any atom is -0.381 e. The van der Waals surface area contributed by atoms with E-state index in [1.807, 2.05) is 0 Å². The number of allylic oxidation sites excluding steroid dienone is 7. The van der Waals surface area contributed by atoms with Gasteiger partial charge in [-0.1, -0.05) is 62.4 Å². The number of benzene rings is 2. The van der Waals surface area contributed by atoms with Crippen LogP contribution in [0.1, 0.15) is 64.7 Å². The van der Waals surface area contributed by atoms with Gasteiger partial charge in [0.15, 0.2) is 0 Å². The Hall–Kier alpha value is -3.33. The van der Waals surface area contributed by atoms with Gasteiger partial charge in [0, 0.05) is 62.8 Å². The fraction of sp³-hybridized carbons (Fsp3) is 0.382.